The topological polar surface area (TPSA) is 61.4 Å². The monoisotopic (exact) mass is 321 g/mol. The molecule has 0 spiro atoms. The molecule has 1 aliphatic heterocycles. The summed E-state index contributed by atoms with van der Waals surface area (Å²) in [5.74, 6) is -0.470. The Kier molecular flexibility index (Phi) is 5.10. The number of hydrogen-bond donors (Lipinski definition) is 2. The lowest BCUT2D eigenvalue weighted by molar-refractivity contribution is -0.139. The molecule has 2 heterocycles. The van der Waals surface area contributed by atoms with Crippen molar-refractivity contribution in [3.05, 3.63) is 22.4 Å². The quantitative estimate of drug-likeness (QED) is 0.805. The first-order chi connectivity index (χ1) is 10.7. The van der Waals surface area contributed by atoms with Gasteiger partial charge in [-0.1, -0.05) is 6.07 Å². The standard InChI is InChI=1S/C16H23N3O2S/c20-15(16(21)18-13-3-4-13)17-10-12-5-7-19(8-6-12)11-14-2-1-9-22-14/h1-2,9,12-13H,3-8,10-11H2,(H,17,20)(H,18,21). The van der Waals surface area contributed by atoms with Gasteiger partial charge in [0.15, 0.2) is 0 Å². The highest BCUT2D eigenvalue weighted by Crippen LogP contribution is 2.20. The van der Waals surface area contributed by atoms with Crippen LogP contribution in [0.25, 0.3) is 0 Å². The van der Waals surface area contributed by atoms with Crippen LogP contribution < -0.4 is 10.6 Å². The molecule has 2 fully saturated rings. The number of rotatable bonds is 5. The predicted octanol–water partition coefficient (Wildman–Crippen LogP) is 1.35. The van der Waals surface area contributed by atoms with Gasteiger partial charge in [-0.25, -0.2) is 0 Å². The van der Waals surface area contributed by atoms with Crippen LogP contribution >= 0.6 is 11.3 Å². The van der Waals surface area contributed by atoms with Gasteiger partial charge in [-0.15, -0.1) is 11.3 Å². The smallest absolute Gasteiger partial charge is 0.309 e. The number of nitrogens with zero attached hydrogens (tertiary/aromatic N) is 1. The van der Waals surface area contributed by atoms with Crippen molar-refractivity contribution in [2.24, 2.45) is 5.92 Å². The average Bonchev–Trinajstić information content (AvgIpc) is 3.19. The van der Waals surface area contributed by atoms with Gasteiger partial charge in [0, 0.05) is 24.0 Å². The predicted molar refractivity (Wildman–Crippen MR) is 86.5 cm³/mol. The summed E-state index contributed by atoms with van der Waals surface area (Å²) in [6.45, 7) is 3.77. The average molecular weight is 321 g/mol. The van der Waals surface area contributed by atoms with Crippen LogP contribution in [0.4, 0.5) is 0 Å². The zero-order chi connectivity index (χ0) is 15.4. The number of piperidine rings is 1. The van der Waals surface area contributed by atoms with E-state index in [0.29, 0.717) is 12.5 Å². The summed E-state index contributed by atoms with van der Waals surface area (Å²) in [5, 5.41) is 7.61. The van der Waals surface area contributed by atoms with Crippen LogP contribution in [-0.2, 0) is 16.1 Å². The van der Waals surface area contributed by atoms with Crippen molar-refractivity contribution in [2.75, 3.05) is 19.6 Å². The summed E-state index contributed by atoms with van der Waals surface area (Å²) in [6.07, 6.45) is 4.16. The lowest BCUT2D eigenvalue weighted by Gasteiger charge is -2.31. The fourth-order valence-electron chi connectivity index (χ4n) is 2.77. The maximum absolute atomic E-state index is 11.7. The van der Waals surface area contributed by atoms with E-state index < -0.39 is 11.8 Å². The second-order valence-corrected chi connectivity index (χ2v) is 7.29. The number of hydrogen-bond acceptors (Lipinski definition) is 4. The third-order valence-electron chi connectivity index (χ3n) is 4.34. The van der Waals surface area contributed by atoms with Crippen LogP contribution in [0.5, 0.6) is 0 Å². The second kappa shape index (κ2) is 7.24. The molecule has 3 rings (SSSR count). The van der Waals surface area contributed by atoms with E-state index in [0.717, 1.165) is 45.3 Å². The maximum atomic E-state index is 11.7. The van der Waals surface area contributed by atoms with E-state index in [1.165, 1.54) is 4.88 Å². The van der Waals surface area contributed by atoms with Crippen LogP contribution in [0.15, 0.2) is 17.5 Å². The van der Waals surface area contributed by atoms with Crippen LogP contribution in [0.2, 0.25) is 0 Å². The van der Waals surface area contributed by atoms with Crippen molar-refractivity contribution in [3.8, 4) is 0 Å². The molecule has 1 saturated heterocycles. The SMILES string of the molecule is O=C(NCC1CCN(Cc2cccs2)CC1)C(=O)NC1CC1. The van der Waals surface area contributed by atoms with Gasteiger partial charge in [-0.05, 0) is 56.1 Å². The van der Waals surface area contributed by atoms with E-state index in [1.807, 2.05) is 0 Å². The van der Waals surface area contributed by atoms with E-state index in [1.54, 1.807) is 11.3 Å². The van der Waals surface area contributed by atoms with Crippen LogP contribution in [0.1, 0.15) is 30.6 Å². The number of nitrogens with one attached hydrogen (secondary N) is 2. The van der Waals surface area contributed by atoms with E-state index >= 15 is 0 Å². The van der Waals surface area contributed by atoms with Gasteiger partial charge in [0.2, 0.25) is 0 Å². The van der Waals surface area contributed by atoms with Gasteiger partial charge in [-0.2, -0.15) is 0 Å². The molecule has 0 bridgehead atoms. The highest BCUT2D eigenvalue weighted by Gasteiger charge is 2.27. The fourth-order valence-corrected chi connectivity index (χ4v) is 3.51. The minimum Gasteiger partial charge on any atom is -0.348 e. The van der Waals surface area contributed by atoms with Gasteiger partial charge in [0.1, 0.15) is 0 Å². The Balaban J connectivity index is 1.33. The minimum absolute atomic E-state index is 0.235. The molecule has 22 heavy (non-hydrogen) atoms. The van der Waals surface area contributed by atoms with Crippen molar-refractivity contribution in [3.63, 3.8) is 0 Å². The third-order valence-corrected chi connectivity index (χ3v) is 5.20. The van der Waals surface area contributed by atoms with Crippen molar-refractivity contribution >= 4 is 23.2 Å². The molecule has 5 nitrogen and oxygen atoms in total. The number of carbonyl (C=O) groups is 2. The Hall–Kier alpha value is -1.40. The largest absolute Gasteiger partial charge is 0.348 e. The lowest BCUT2D eigenvalue weighted by atomic mass is 9.97. The first kappa shape index (κ1) is 15.5. The molecular weight excluding hydrogens is 298 g/mol. The highest BCUT2D eigenvalue weighted by molar-refractivity contribution is 7.09. The molecule has 0 unspecified atom stereocenters. The summed E-state index contributed by atoms with van der Waals surface area (Å²) >= 11 is 1.80. The number of amides is 2. The number of carbonyl (C=O) groups excluding carboxylic acids is 2. The molecule has 120 valence electrons. The van der Waals surface area contributed by atoms with Crippen molar-refractivity contribution in [1.29, 1.82) is 0 Å². The Morgan fingerprint density at radius 3 is 2.59 bits per heavy atom. The summed E-state index contributed by atoms with van der Waals surface area (Å²) in [5.41, 5.74) is 0. The Morgan fingerprint density at radius 1 is 1.18 bits per heavy atom. The molecular formula is C16H23N3O2S. The van der Waals surface area contributed by atoms with Gasteiger partial charge < -0.3 is 10.6 Å². The van der Waals surface area contributed by atoms with Gasteiger partial charge >= 0.3 is 11.8 Å². The van der Waals surface area contributed by atoms with E-state index in [2.05, 4.69) is 33.0 Å². The summed E-state index contributed by atoms with van der Waals surface area (Å²) in [7, 11) is 0. The molecule has 2 N–H and O–H groups in total. The number of likely N-dealkylation sites (tertiary alicyclic amines) is 1. The number of thiophene rings is 1. The Morgan fingerprint density at radius 2 is 1.95 bits per heavy atom. The molecule has 1 aliphatic carbocycles. The summed E-state index contributed by atoms with van der Waals surface area (Å²) in [4.78, 5) is 27.1. The molecule has 2 aliphatic rings. The van der Waals surface area contributed by atoms with Crippen LogP contribution in [-0.4, -0.2) is 42.4 Å². The van der Waals surface area contributed by atoms with Crippen LogP contribution in [0.3, 0.4) is 0 Å². The molecule has 1 aromatic heterocycles. The van der Waals surface area contributed by atoms with Crippen molar-refractivity contribution in [1.82, 2.24) is 15.5 Å². The first-order valence-electron chi connectivity index (χ1n) is 8.04. The Bertz CT molecular complexity index is 505. The Labute approximate surface area is 135 Å². The molecule has 0 atom stereocenters. The molecule has 6 heteroatoms. The van der Waals surface area contributed by atoms with E-state index in [4.69, 9.17) is 0 Å². The molecule has 1 aromatic rings. The van der Waals surface area contributed by atoms with Crippen molar-refractivity contribution in [2.45, 2.75) is 38.3 Å². The molecule has 0 aromatic carbocycles. The van der Waals surface area contributed by atoms with E-state index in [9.17, 15) is 9.59 Å². The second-order valence-electron chi connectivity index (χ2n) is 6.26. The zero-order valence-corrected chi connectivity index (χ0v) is 13.5. The normalized spacial score (nSPS) is 19.8. The third kappa shape index (κ3) is 4.55. The van der Waals surface area contributed by atoms with Gasteiger partial charge in [0.25, 0.3) is 0 Å². The minimum atomic E-state index is -0.479. The van der Waals surface area contributed by atoms with E-state index in [-0.39, 0.29) is 6.04 Å². The summed E-state index contributed by atoms with van der Waals surface area (Å²) in [6, 6.07) is 4.50. The molecule has 0 radical (unpaired) electrons. The van der Waals surface area contributed by atoms with Crippen LogP contribution in [0, 0.1) is 5.92 Å². The highest BCUT2D eigenvalue weighted by atomic mass is 32.1. The van der Waals surface area contributed by atoms with Crippen molar-refractivity contribution < 1.29 is 9.59 Å². The first-order valence-corrected chi connectivity index (χ1v) is 8.92. The van der Waals surface area contributed by atoms with Gasteiger partial charge in [0.05, 0.1) is 0 Å². The zero-order valence-electron chi connectivity index (χ0n) is 12.7. The molecule has 1 saturated carbocycles. The molecule has 2 amide bonds. The summed E-state index contributed by atoms with van der Waals surface area (Å²) < 4.78 is 0. The van der Waals surface area contributed by atoms with Gasteiger partial charge in [-0.3, -0.25) is 14.5 Å². The maximum Gasteiger partial charge on any atom is 0.309 e. The lowest BCUT2D eigenvalue weighted by Crippen LogP contribution is -2.44. The fraction of sp³-hybridized carbons (Fsp3) is 0.625.